The Morgan fingerprint density at radius 1 is 1.28 bits per heavy atom. The van der Waals surface area contributed by atoms with Gasteiger partial charge in [0.25, 0.3) is 11.6 Å². The molecule has 132 valence electrons. The summed E-state index contributed by atoms with van der Waals surface area (Å²) < 4.78 is 0. The van der Waals surface area contributed by atoms with E-state index >= 15 is 0 Å². The number of nitro benzene ring substituents is 1. The van der Waals surface area contributed by atoms with Crippen molar-refractivity contribution >= 4 is 28.9 Å². The van der Waals surface area contributed by atoms with Crippen LogP contribution in [0.5, 0.6) is 0 Å². The molecule has 0 fully saturated rings. The van der Waals surface area contributed by atoms with Crippen molar-refractivity contribution in [2.75, 3.05) is 5.32 Å². The van der Waals surface area contributed by atoms with E-state index in [4.69, 9.17) is 11.6 Å². The fraction of sp³-hybridized carbons (Fsp3) is 0.278. The Morgan fingerprint density at radius 2 is 1.96 bits per heavy atom. The van der Waals surface area contributed by atoms with E-state index in [1.165, 1.54) is 12.1 Å². The van der Waals surface area contributed by atoms with Crippen molar-refractivity contribution in [2.45, 2.75) is 32.4 Å². The molecule has 2 aromatic carbocycles. The molecule has 0 bridgehead atoms. The van der Waals surface area contributed by atoms with Crippen LogP contribution in [0.15, 0.2) is 48.5 Å². The molecule has 0 unspecified atom stereocenters. The standard InChI is InChI=1S/C18H20ClN3O3/c1-3-12(2)20-17(13-7-5-4-6-8-13)18(23)21-14-9-10-15(19)16(11-14)22(24)25/h4-12,17,20H,3H2,1-2H3,(H,21,23)/p+1/t12-,17+/m1/s1. The number of nitro groups is 1. The molecule has 0 heterocycles. The number of quaternary nitrogens is 1. The van der Waals surface area contributed by atoms with Crippen LogP contribution < -0.4 is 10.6 Å². The molecule has 1 amide bonds. The van der Waals surface area contributed by atoms with Crippen molar-refractivity contribution in [3.63, 3.8) is 0 Å². The third-order valence-electron chi connectivity index (χ3n) is 4.02. The summed E-state index contributed by atoms with van der Waals surface area (Å²) in [5.41, 5.74) is 0.991. The second-order valence-corrected chi connectivity index (χ2v) is 6.29. The number of nitrogens with one attached hydrogen (secondary N) is 1. The number of nitrogens with two attached hydrogens (primary N) is 1. The predicted octanol–water partition coefficient (Wildman–Crippen LogP) is 3.29. The molecular formula is C18H21ClN3O3+. The Morgan fingerprint density at radius 3 is 2.56 bits per heavy atom. The van der Waals surface area contributed by atoms with Crippen LogP contribution >= 0.6 is 11.6 Å². The monoisotopic (exact) mass is 362 g/mol. The maximum atomic E-state index is 12.8. The second-order valence-electron chi connectivity index (χ2n) is 5.88. The quantitative estimate of drug-likeness (QED) is 0.585. The molecule has 25 heavy (non-hydrogen) atoms. The maximum Gasteiger partial charge on any atom is 0.289 e. The Balaban J connectivity index is 2.25. The SMILES string of the molecule is CC[C@@H](C)[NH2+][C@H](C(=O)Nc1ccc(Cl)c([N+](=O)[O-])c1)c1ccccc1. The minimum absolute atomic E-state index is 0.0359. The number of rotatable bonds is 7. The molecule has 0 aliphatic heterocycles. The summed E-state index contributed by atoms with van der Waals surface area (Å²) in [6.07, 6.45) is 0.920. The largest absolute Gasteiger partial charge is 0.330 e. The zero-order chi connectivity index (χ0) is 18.4. The van der Waals surface area contributed by atoms with Crippen molar-refractivity contribution in [3.05, 3.63) is 69.2 Å². The molecular weight excluding hydrogens is 342 g/mol. The van der Waals surface area contributed by atoms with Gasteiger partial charge >= 0.3 is 0 Å². The molecule has 0 aromatic heterocycles. The van der Waals surface area contributed by atoms with Gasteiger partial charge in [-0.15, -0.1) is 0 Å². The van der Waals surface area contributed by atoms with Crippen LogP contribution in [0.25, 0.3) is 0 Å². The number of hydrogen-bond acceptors (Lipinski definition) is 3. The number of amides is 1. The van der Waals surface area contributed by atoms with E-state index in [2.05, 4.69) is 19.2 Å². The van der Waals surface area contributed by atoms with Gasteiger partial charge in [0.1, 0.15) is 5.02 Å². The zero-order valence-electron chi connectivity index (χ0n) is 14.1. The topological polar surface area (TPSA) is 88.8 Å². The smallest absolute Gasteiger partial charge is 0.289 e. The number of carbonyl (C=O) groups is 1. The third kappa shape index (κ3) is 5.01. The zero-order valence-corrected chi connectivity index (χ0v) is 14.9. The average Bonchev–Trinajstić information content (AvgIpc) is 2.61. The van der Waals surface area contributed by atoms with Gasteiger partial charge in [0.2, 0.25) is 0 Å². The third-order valence-corrected chi connectivity index (χ3v) is 4.34. The molecule has 0 saturated heterocycles. The Bertz CT molecular complexity index is 752. The van der Waals surface area contributed by atoms with Crippen LogP contribution in [0, 0.1) is 10.1 Å². The van der Waals surface area contributed by atoms with Gasteiger partial charge in [-0.25, -0.2) is 0 Å². The van der Waals surface area contributed by atoms with E-state index in [-0.39, 0.29) is 22.7 Å². The minimum Gasteiger partial charge on any atom is -0.330 e. The first kappa shape index (κ1) is 18.9. The first-order valence-electron chi connectivity index (χ1n) is 8.07. The number of carbonyl (C=O) groups excluding carboxylic acids is 1. The van der Waals surface area contributed by atoms with Crippen molar-refractivity contribution in [1.82, 2.24) is 0 Å². The molecule has 6 nitrogen and oxygen atoms in total. The lowest BCUT2D eigenvalue weighted by Gasteiger charge is -2.19. The number of benzene rings is 2. The number of halogens is 1. The van der Waals surface area contributed by atoms with E-state index in [1.54, 1.807) is 6.07 Å². The predicted molar refractivity (Wildman–Crippen MR) is 97.6 cm³/mol. The average molecular weight is 363 g/mol. The summed E-state index contributed by atoms with van der Waals surface area (Å²) in [4.78, 5) is 23.2. The first-order valence-corrected chi connectivity index (χ1v) is 8.45. The Hall–Kier alpha value is -2.44. The van der Waals surface area contributed by atoms with E-state index in [0.29, 0.717) is 5.69 Å². The maximum absolute atomic E-state index is 12.8. The van der Waals surface area contributed by atoms with Gasteiger partial charge in [-0.2, -0.15) is 0 Å². The summed E-state index contributed by atoms with van der Waals surface area (Å²) in [6.45, 7) is 4.11. The van der Waals surface area contributed by atoms with Crippen molar-refractivity contribution < 1.29 is 15.0 Å². The summed E-state index contributed by atoms with van der Waals surface area (Å²) in [6, 6.07) is 13.5. The van der Waals surface area contributed by atoms with Gasteiger partial charge in [0, 0.05) is 17.3 Å². The molecule has 7 heteroatoms. The lowest BCUT2D eigenvalue weighted by molar-refractivity contribution is -0.712. The van der Waals surface area contributed by atoms with E-state index < -0.39 is 11.0 Å². The van der Waals surface area contributed by atoms with Crippen molar-refractivity contribution in [1.29, 1.82) is 0 Å². The lowest BCUT2D eigenvalue weighted by atomic mass is 10.0. The highest BCUT2D eigenvalue weighted by Gasteiger charge is 2.26. The molecule has 2 rings (SSSR count). The highest BCUT2D eigenvalue weighted by Crippen LogP contribution is 2.27. The van der Waals surface area contributed by atoms with Gasteiger partial charge in [-0.3, -0.25) is 14.9 Å². The summed E-state index contributed by atoms with van der Waals surface area (Å²) in [5.74, 6) is -0.233. The van der Waals surface area contributed by atoms with Crippen LogP contribution in [0.4, 0.5) is 11.4 Å². The fourth-order valence-corrected chi connectivity index (χ4v) is 2.61. The summed E-state index contributed by atoms with van der Waals surface area (Å²) in [7, 11) is 0. The molecule has 0 aliphatic rings. The highest BCUT2D eigenvalue weighted by atomic mass is 35.5. The fourth-order valence-electron chi connectivity index (χ4n) is 2.43. The molecule has 0 saturated carbocycles. The summed E-state index contributed by atoms with van der Waals surface area (Å²) in [5, 5.41) is 15.8. The van der Waals surface area contributed by atoms with E-state index in [9.17, 15) is 14.9 Å². The number of nitrogens with zero attached hydrogens (tertiary/aromatic N) is 1. The van der Waals surface area contributed by atoms with Gasteiger partial charge in [0.15, 0.2) is 6.04 Å². The Labute approximate surface area is 151 Å². The van der Waals surface area contributed by atoms with E-state index in [1.807, 2.05) is 35.6 Å². The Kier molecular flexibility index (Phi) is 6.50. The first-order chi connectivity index (χ1) is 11.9. The molecule has 2 aromatic rings. The van der Waals surface area contributed by atoms with Crippen LogP contribution in [-0.2, 0) is 4.79 Å². The van der Waals surface area contributed by atoms with Crippen LogP contribution in [0.2, 0.25) is 5.02 Å². The second kappa shape index (κ2) is 8.60. The van der Waals surface area contributed by atoms with Crippen molar-refractivity contribution in [2.24, 2.45) is 0 Å². The molecule has 0 radical (unpaired) electrons. The van der Waals surface area contributed by atoms with Crippen LogP contribution in [0.3, 0.4) is 0 Å². The van der Waals surface area contributed by atoms with Crippen molar-refractivity contribution in [3.8, 4) is 0 Å². The van der Waals surface area contributed by atoms with Crippen LogP contribution in [-0.4, -0.2) is 16.9 Å². The van der Waals surface area contributed by atoms with Gasteiger partial charge in [-0.05, 0) is 25.5 Å². The molecule has 3 N–H and O–H groups in total. The van der Waals surface area contributed by atoms with Gasteiger partial charge in [-0.1, -0.05) is 48.9 Å². The molecule has 0 spiro atoms. The minimum atomic E-state index is -0.571. The molecule has 2 atom stereocenters. The summed E-state index contributed by atoms with van der Waals surface area (Å²) >= 11 is 5.81. The van der Waals surface area contributed by atoms with Crippen LogP contribution in [0.1, 0.15) is 31.9 Å². The lowest BCUT2D eigenvalue weighted by Crippen LogP contribution is -2.91. The van der Waals surface area contributed by atoms with Gasteiger partial charge in [0.05, 0.1) is 11.0 Å². The molecule has 0 aliphatic carbocycles. The van der Waals surface area contributed by atoms with Gasteiger partial charge < -0.3 is 10.6 Å². The normalized spacial score (nSPS) is 13.1. The number of anilines is 1. The number of hydrogen-bond donors (Lipinski definition) is 2. The highest BCUT2D eigenvalue weighted by molar-refractivity contribution is 6.32. The van der Waals surface area contributed by atoms with E-state index in [0.717, 1.165) is 12.0 Å².